The summed E-state index contributed by atoms with van der Waals surface area (Å²) in [6.45, 7) is 0.448. The van der Waals surface area contributed by atoms with Crippen molar-refractivity contribution in [2.75, 3.05) is 7.05 Å². The Labute approximate surface area is 230 Å². The molecule has 0 saturated carbocycles. The molecule has 0 radical (unpaired) electrons. The normalized spacial score (nSPS) is 10.4. The topological polar surface area (TPSA) is 85.1 Å². The third kappa shape index (κ3) is 8.32. The number of benzene rings is 2. The average Bonchev–Trinajstić information content (AvgIpc) is 2.74. The summed E-state index contributed by atoms with van der Waals surface area (Å²) in [5.74, 6) is 0. The van der Waals surface area contributed by atoms with Gasteiger partial charge in [0, 0.05) is 24.4 Å². The third-order valence-electron chi connectivity index (χ3n) is 4.00. The van der Waals surface area contributed by atoms with Crippen molar-refractivity contribution in [1.29, 1.82) is 0 Å². The van der Waals surface area contributed by atoms with Gasteiger partial charge in [0.25, 0.3) is 5.69 Å². The number of aldehydes is 1. The molecule has 1 N–H and O–H groups in total. The summed E-state index contributed by atoms with van der Waals surface area (Å²) in [5.41, 5.74) is 1.04. The molecule has 0 spiro atoms. The van der Waals surface area contributed by atoms with E-state index in [1.54, 1.807) is 13.1 Å². The Morgan fingerprint density at radius 1 is 1.16 bits per heavy atom. The Balaban J connectivity index is 0.000000327. The molecule has 0 aliphatic rings. The second-order valence-corrected chi connectivity index (χ2v) is 6.73. The van der Waals surface area contributed by atoms with E-state index in [4.69, 9.17) is 12.6 Å². The number of alkyl halides is 3. The van der Waals surface area contributed by atoms with E-state index in [9.17, 15) is 28.1 Å². The monoisotopic (exact) mass is 487 g/mol. The zero-order chi connectivity index (χ0) is 23.0. The molecule has 0 amide bonds. The van der Waals surface area contributed by atoms with Crippen LogP contribution in [-0.2, 0) is 25.3 Å². The van der Waals surface area contributed by atoms with Gasteiger partial charge < -0.3 is 17.9 Å². The molecule has 32 heavy (non-hydrogen) atoms. The zero-order valence-electron chi connectivity index (χ0n) is 17.2. The number of nitrogens with zero attached hydrogens (tertiary/aromatic N) is 2. The van der Waals surface area contributed by atoms with Gasteiger partial charge in [-0.05, 0) is 30.8 Å². The maximum absolute atomic E-state index is 12.2. The van der Waals surface area contributed by atoms with Gasteiger partial charge in [-0.2, -0.15) is 18.1 Å². The Bertz CT molecular complexity index is 1080. The van der Waals surface area contributed by atoms with Crippen molar-refractivity contribution in [1.82, 2.24) is 10.3 Å². The Morgan fingerprint density at radius 2 is 1.88 bits per heavy atom. The van der Waals surface area contributed by atoms with Crippen molar-refractivity contribution in [3.05, 3.63) is 87.6 Å². The van der Waals surface area contributed by atoms with E-state index in [1.807, 2.05) is 0 Å². The number of nitrogens with one attached hydrogen (secondary N) is 1. The van der Waals surface area contributed by atoms with Gasteiger partial charge in [0.1, 0.15) is 6.29 Å². The molecule has 1 heterocycles. The SMILES string of the molecule is CNCc1cccc(C(F)(F)F)c1.O=Cc1ccnc(-c2cc([S-])ccc2[N+](=O)[O-])c1.[K+]. The molecule has 162 valence electrons. The van der Waals surface area contributed by atoms with Gasteiger partial charge in [-0.3, -0.25) is 19.9 Å². The molecular weight excluding hydrogens is 470 g/mol. The van der Waals surface area contributed by atoms with Gasteiger partial charge >= 0.3 is 57.6 Å². The number of aromatic nitrogens is 1. The third-order valence-corrected chi connectivity index (χ3v) is 4.25. The predicted molar refractivity (Wildman–Crippen MR) is 112 cm³/mol. The number of rotatable bonds is 5. The van der Waals surface area contributed by atoms with E-state index >= 15 is 0 Å². The molecule has 0 atom stereocenters. The summed E-state index contributed by atoms with van der Waals surface area (Å²) in [6.07, 6.45) is -2.16. The Kier molecular flexibility index (Phi) is 11.6. The minimum absolute atomic E-state index is 0. The van der Waals surface area contributed by atoms with Crippen molar-refractivity contribution in [3.8, 4) is 11.3 Å². The molecule has 0 unspecified atom stereocenters. The van der Waals surface area contributed by atoms with Crippen LogP contribution in [0.1, 0.15) is 21.5 Å². The number of nitro benzene ring substituents is 1. The van der Waals surface area contributed by atoms with Crippen molar-refractivity contribution < 1.29 is 74.3 Å². The predicted octanol–water partition coefficient (Wildman–Crippen LogP) is 1.80. The molecule has 0 aliphatic heterocycles. The second kappa shape index (κ2) is 13.1. The van der Waals surface area contributed by atoms with E-state index in [0.29, 0.717) is 40.1 Å². The van der Waals surface area contributed by atoms with E-state index in [0.717, 1.165) is 12.1 Å². The number of carbonyl (C=O) groups is 1. The smallest absolute Gasteiger partial charge is 0.780 e. The molecule has 0 saturated heterocycles. The van der Waals surface area contributed by atoms with Gasteiger partial charge in [-0.25, -0.2) is 0 Å². The van der Waals surface area contributed by atoms with Crippen molar-refractivity contribution >= 4 is 24.6 Å². The fraction of sp³-hybridized carbons (Fsp3) is 0.143. The van der Waals surface area contributed by atoms with Crippen LogP contribution in [0.15, 0.2) is 65.7 Å². The summed E-state index contributed by atoms with van der Waals surface area (Å²) in [4.78, 5) is 25.6. The van der Waals surface area contributed by atoms with Gasteiger partial charge in [-0.1, -0.05) is 30.3 Å². The maximum Gasteiger partial charge on any atom is 1.00 e. The Morgan fingerprint density at radius 3 is 2.47 bits per heavy atom. The molecule has 2 aromatic carbocycles. The van der Waals surface area contributed by atoms with E-state index < -0.39 is 16.7 Å². The molecule has 3 aromatic rings. The summed E-state index contributed by atoms with van der Waals surface area (Å²) < 4.78 is 36.6. The van der Waals surface area contributed by atoms with Crippen molar-refractivity contribution in [3.63, 3.8) is 0 Å². The molecule has 6 nitrogen and oxygen atoms in total. The van der Waals surface area contributed by atoms with Gasteiger partial charge in [0.05, 0.1) is 21.7 Å². The van der Waals surface area contributed by atoms with Crippen LogP contribution >= 0.6 is 0 Å². The van der Waals surface area contributed by atoms with Crippen LogP contribution in [0.4, 0.5) is 18.9 Å². The number of halogens is 3. The molecule has 1 aromatic heterocycles. The van der Waals surface area contributed by atoms with Gasteiger partial charge in [0.2, 0.25) is 0 Å². The molecular formula is C21H17F3KN3O3S. The first-order valence-electron chi connectivity index (χ1n) is 8.83. The van der Waals surface area contributed by atoms with E-state index in [-0.39, 0.29) is 57.1 Å². The summed E-state index contributed by atoms with van der Waals surface area (Å²) in [5, 5.41) is 13.7. The van der Waals surface area contributed by atoms with Gasteiger partial charge in [-0.15, -0.1) is 0 Å². The Hall–Kier alpha value is -1.73. The van der Waals surface area contributed by atoms with Crippen LogP contribution in [-0.4, -0.2) is 23.2 Å². The number of hydrogen-bond acceptors (Lipinski definition) is 6. The second-order valence-electron chi connectivity index (χ2n) is 6.26. The quantitative estimate of drug-likeness (QED) is 0.194. The fourth-order valence-electron chi connectivity index (χ4n) is 2.61. The molecule has 0 fully saturated rings. The van der Waals surface area contributed by atoms with Crippen LogP contribution in [0.3, 0.4) is 0 Å². The molecule has 0 aliphatic carbocycles. The van der Waals surface area contributed by atoms with Crippen LogP contribution in [0.2, 0.25) is 0 Å². The molecule has 0 bridgehead atoms. The number of hydrogen-bond donors (Lipinski definition) is 1. The van der Waals surface area contributed by atoms with E-state index in [1.165, 1.54) is 42.6 Å². The standard InChI is InChI=1S/C12H8N2O3S.C9H10F3N.K/c15-7-8-3-4-13-11(5-8)10-6-9(18)1-2-12(10)14(16)17;1-13-6-7-3-2-4-8(5-7)9(10,11)12;/h1-7,18H;2-5,13H,6H2,1H3;/q;;+1/p-1. The van der Waals surface area contributed by atoms with Crippen molar-refractivity contribution in [2.24, 2.45) is 0 Å². The zero-order valence-corrected chi connectivity index (χ0v) is 21.2. The summed E-state index contributed by atoms with van der Waals surface area (Å²) in [7, 11) is 1.69. The minimum Gasteiger partial charge on any atom is -0.780 e. The van der Waals surface area contributed by atoms with Crippen LogP contribution in [0.5, 0.6) is 0 Å². The number of nitro groups is 1. The number of pyridine rings is 1. The first kappa shape index (κ1) is 28.3. The first-order valence-corrected chi connectivity index (χ1v) is 9.24. The van der Waals surface area contributed by atoms with Gasteiger partial charge in [0.15, 0.2) is 0 Å². The fourth-order valence-corrected chi connectivity index (χ4v) is 2.79. The maximum atomic E-state index is 12.2. The van der Waals surface area contributed by atoms with E-state index in [2.05, 4.69) is 10.3 Å². The average molecular weight is 488 g/mol. The summed E-state index contributed by atoms with van der Waals surface area (Å²) in [6, 6.07) is 12.6. The van der Waals surface area contributed by atoms with Crippen LogP contribution in [0, 0.1) is 10.1 Å². The molecule has 11 heteroatoms. The molecule has 3 rings (SSSR count). The van der Waals surface area contributed by atoms with Crippen molar-refractivity contribution in [2.45, 2.75) is 17.6 Å². The summed E-state index contributed by atoms with van der Waals surface area (Å²) >= 11 is 4.99. The van der Waals surface area contributed by atoms with Crippen LogP contribution < -0.4 is 56.7 Å². The van der Waals surface area contributed by atoms with Crippen LogP contribution in [0.25, 0.3) is 11.3 Å². The first-order chi connectivity index (χ1) is 14.7. The minimum atomic E-state index is -4.25. The largest absolute Gasteiger partial charge is 1.00 e. The number of carbonyl (C=O) groups excluding carboxylic acids is 1.